The number of allylic oxidation sites excluding steroid dienone is 3. The van der Waals surface area contributed by atoms with E-state index in [2.05, 4.69) is 32.9 Å². The van der Waals surface area contributed by atoms with Gasteiger partial charge in [0.2, 0.25) is 0 Å². The Labute approximate surface area is 139 Å². The van der Waals surface area contributed by atoms with E-state index in [9.17, 15) is 18.3 Å². The van der Waals surface area contributed by atoms with Gasteiger partial charge in [-0.15, -0.1) is 11.8 Å². The highest BCUT2D eigenvalue weighted by atomic mass is 32.2. The van der Waals surface area contributed by atoms with Gasteiger partial charge >= 0.3 is 6.18 Å². The van der Waals surface area contributed by atoms with E-state index >= 15 is 0 Å². The Hall–Kier alpha value is -1.36. The maximum Gasteiger partial charge on any atom is 0.416 e. The van der Waals surface area contributed by atoms with Crippen LogP contribution < -0.4 is 0 Å². The van der Waals surface area contributed by atoms with Crippen molar-refractivity contribution < 1.29 is 18.3 Å². The molecule has 1 aromatic carbocycles. The summed E-state index contributed by atoms with van der Waals surface area (Å²) in [6.45, 7) is 6.45. The number of thioether (sulfide) groups is 1. The summed E-state index contributed by atoms with van der Waals surface area (Å²) in [7, 11) is 0. The molecule has 0 saturated carbocycles. The molecule has 0 aliphatic heterocycles. The second-order valence-electron chi connectivity index (χ2n) is 6.71. The van der Waals surface area contributed by atoms with Gasteiger partial charge in [0.25, 0.3) is 0 Å². The number of aliphatic hydroxyl groups excluding tert-OH is 1. The van der Waals surface area contributed by atoms with E-state index in [0.717, 1.165) is 10.5 Å². The molecule has 0 unspecified atom stereocenters. The van der Waals surface area contributed by atoms with Crippen LogP contribution in [0.15, 0.2) is 46.6 Å². The molecule has 0 heterocycles. The summed E-state index contributed by atoms with van der Waals surface area (Å²) < 4.78 is 37.9. The zero-order chi connectivity index (χ0) is 17.3. The first kappa shape index (κ1) is 18.0. The molecule has 0 fully saturated rings. The fraction of sp³-hybridized carbons (Fsp3) is 0.444. The number of hydrogen-bond acceptors (Lipinski definition) is 2. The number of rotatable bonds is 3. The summed E-state index contributed by atoms with van der Waals surface area (Å²) in [6, 6.07) is 8.27. The molecule has 1 N–H and O–H groups in total. The van der Waals surface area contributed by atoms with E-state index in [1.807, 2.05) is 12.1 Å². The summed E-state index contributed by atoms with van der Waals surface area (Å²) in [5.74, 6) is 0.0413. The predicted octanol–water partition coefficient (Wildman–Crippen LogP) is 6.27. The Balaban J connectivity index is 2.01. The average molecular weight is 342 g/mol. The summed E-state index contributed by atoms with van der Waals surface area (Å²) in [5, 5.41) is 9.57. The van der Waals surface area contributed by atoms with Gasteiger partial charge in [0.05, 0.1) is 5.57 Å². The third kappa shape index (κ3) is 4.80. The van der Waals surface area contributed by atoms with Crippen molar-refractivity contribution in [2.24, 2.45) is 0 Å². The summed E-state index contributed by atoms with van der Waals surface area (Å²) >= 11 is 1.48. The molecule has 0 radical (unpaired) electrons. The molecule has 0 amide bonds. The van der Waals surface area contributed by atoms with Crippen LogP contribution >= 0.6 is 11.8 Å². The van der Waals surface area contributed by atoms with Gasteiger partial charge in [-0.05, 0) is 40.4 Å². The predicted molar refractivity (Wildman–Crippen MR) is 89.5 cm³/mol. The van der Waals surface area contributed by atoms with Gasteiger partial charge in [-0.3, -0.25) is 0 Å². The Kier molecular flexibility index (Phi) is 5.19. The fourth-order valence-electron chi connectivity index (χ4n) is 2.37. The van der Waals surface area contributed by atoms with Gasteiger partial charge in [-0.2, -0.15) is 13.2 Å². The van der Waals surface area contributed by atoms with Crippen molar-refractivity contribution >= 4 is 11.8 Å². The van der Waals surface area contributed by atoms with Crippen molar-refractivity contribution in [2.45, 2.75) is 51.0 Å². The molecule has 1 aliphatic carbocycles. The van der Waals surface area contributed by atoms with Gasteiger partial charge in [0.15, 0.2) is 0 Å². The van der Waals surface area contributed by atoms with Crippen LogP contribution in [-0.2, 0) is 11.2 Å². The van der Waals surface area contributed by atoms with Gasteiger partial charge in [-0.1, -0.05) is 45.0 Å². The van der Waals surface area contributed by atoms with E-state index in [0.29, 0.717) is 12.2 Å². The van der Waals surface area contributed by atoms with Crippen LogP contribution in [0.5, 0.6) is 0 Å². The third-order valence-corrected chi connectivity index (χ3v) is 4.99. The van der Waals surface area contributed by atoms with Crippen molar-refractivity contribution in [2.75, 3.05) is 0 Å². The second-order valence-corrected chi connectivity index (χ2v) is 7.81. The molecule has 126 valence electrons. The average Bonchev–Trinajstić information content (AvgIpc) is 2.43. The molecule has 1 nitrogen and oxygen atoms in total. The van der Waals surface area contributed by atoms with Crippen molar-refractivity contribution in [1.29, 1.82) is 0 Å². The van der Waals surface area contributed by atoms with Gasteiger partial charge in [0.1, 0.15) is 5.76 Å². The van der Waals surface area contributed by atoms with Gasteiger partial charge < -0.3 is 5.11 Å². The van der Waals surface area contributed by atoms with E-state index in [-0.39, 0.29) is 11.8 Å². The van der Waals surface area contributed by atoms with E-state index in [4.69, 9.17) is 0 Å². The molecule has 1 aromatic rings. The van der Waals surface area contributed by atoms with Gasteiger partial charge in [-0.25, -0.2) is 0 Å². The van der Waals surface area contributed by atoms with E-state index in [1.165, 1.54) is 23.4 Å². The molecule has 0 aromatic heterocycles. The molecule has 0 saturated heterocycles. The van der Waals surface area contributed by atoms with Crippen LogP contribution in [0.3, 0.4) is 0 Å². The Bertz CT molecular complexity index is 619. The van der Waals surface area contributed by atoms with Crippen molar-refractivity contribution in [3.63, 3.8) is 0 Å². The Morgan fingerprint density at radius 2 is 1.65 bits per heavy atom. The number of aliphatic hydroxyl groups is 1. The molecule has 0 spiro atoms. The molecular weight excluding hydrogens is 321 g/mol. The summed E-state index contributed by atoms with van der Waals surface area (Å²) in [6.07, 6.45) is -3.03. The van der Waals surface area contributed by atoms with Crippen LogP contribution in [0, 0.1) is 0 Å². The lowest BCUT2D eigenvalue weighted by molar-refractivity contribution is -0.0966. The molecule has 1 aliphatic rings. The first-order valence-corrected chi connectivity index (χ1v) is 8.48. The maximum absolute atomic E-state index is 12.6. The number of benzene rings is 1. The minimum Gasteiger partial charge on any atom is -0.508 e. The molecule has 5 heteroatoms. The largest absolute Gasteiger partial charge is 0.508 e. The van der Waals surface area contributed by atoms with Crippen LogP contribution in [-0.4, -0.2) is 11.3 Å². The molecular formula is C18H21F3OS. The summed E-state index contributed by atoms with van der Waals surface area (Å²) in [4.78, 5) is 0.787. The number of halogens is 3. The standard InChI is InChI=1S/C18H21F3OS/c1-17(2,3)13-6-4-12(5-7-13)11-23-14-8-9-15(16(22)10-14)18(19,20)21/h4-7,10,22H,8-9,11H2,1-3H3. The highest BCUT2D eigenvalue weighted by Crippen LogP contribution is 2.39. The van der Waals surface area contributed by atoms with Crippen LogP contribution in [0.4, 0.5) is 13.2 Å². The van der Waals surface area contributed by atoms with Crippen LogP contribution in [0.25, 0.3) is 0 Å². The number of alkyl halides is 3. The lowest BCUT2D eigenvalue weighted by atomic mass is 9.87. The quantitative estimate of drug-likeness (QED) is 0.698. The fourth-order valence-corrected chi connectivity index (χ4v) is 3.35. The lowest BCUT2D eigenvalue weighted by Gasteiger charge is -2.20. The third-order valence-electron chi connectivity index (χ3n) is 3.81. The van der Waals surface area contributed by atoms with Crippen molar-refractivity contribution in [1.82, 2.24) is 0 Å². The molecule has 0 bridgehead atoms. The topological polar surface area (TPSA) is 20.2 Å². The van der Waals surface area contributed by atoms with Gasteiger partial charge in [0, 0.05) is 5.75 Å². The molecule has 0 atom stereocenters. The van der Waals surface area contributed by atoms with Crippen molar-refractivity contribution in [3.8, 4) is 0 Å². The molecule has 2 rings (SSSR count). The normalized spacial score (nSPS) is 16.5. The van der Waals surface area contributed by atoms with Crippen LogP contribution in [0.2, 0.25) is 0 Å². The first-order chi connectivity index (χ1) is 10.6. The Morgan fingerprint density at radius 1 is 1.04 bits per heavy atom. The summed E-state index contributed by atoms with van der Waals surface area (Å²) in [5.41, 5.74) is 1.64. The zero-order valence-corrected chi connectivity index (χ0v) is 14.3. The maximum atomic E-state index is 12.6. The molecule has 23 heavy (non-hydrogen) atoms. The minimum atomic E-state index is -4.44. The highest BCUT2D eigenvalue weighted by Gasteiger charge is 2.37. The zero-order valence-electron chi connectivity index (χ0n) is 13.5. The second kappa shape index (κ2) is 6.63. The lowest BCUT2D eigenvalue weighted by Crippen LogP contribution is -2.16. The SMILES string of the molecule is CC(C)(C)c1ccc(CSC2=CC(O)=C(C(F)(F)F)CC2)cc1. The van der Waals surface area contributed by atoms with E-state index in [1.54, 1.807) is 0 Å². The number of hydrogen-bond donors (Lipinski definition) is 1. The van der Waals surface area contributed by atoms with Crippen LogP contribution in [0.1, 0.15) is 44.7 Å². The highest BCUT2D eigenvalue weighted by molar-refractivity contribution is 8.02. The van der Waals surface area contributed by atoms with Crippen molar-refractivity contribution in [3.05, 3.63) is 57.7 Å². The Morgan fingerprint density at radius 3 is 2.13 bits per heavy atom. The first-order valence-electron chi connectivity index (χ1n) is 7.49. The monoisotopic (exact) mass is 342 g/mol. The smallest absolute Gasteiger partial charge is 0.416 e. The minimum absolute atomic E-state index is 0.0994. The van der Waals surface area contributed by atoms with E-state index < -0.39 is 17.5 Å².